The van der Waals surface area contributed by atoms with Crippen LogP contribution < -0.4 is 0 Å². The molecule has 1 fully saturated rings. The first-order valence-corrected chi connectivity index (χ1v) is 7.07. The smallest absolute Gasteiger partial charge is 0.433 e. The number of carbonyl (C=O) groups is 2. The lowest BCUT2D eigenvalue weighted by Crippen LogP contribution is -2.50. The van der Waals surface area contributed by atoms with E-state index >= 15 is 0 Å². The van der Waals surface area contributed by atoms with Crippen molar-refractivity contribution in [2.24, 2.45) is 0 Å². The van der Waals surface area contributed by atoms with Crippen LogP contribution in [0, 0.1) is 0 Å². The van der Waals surface area contributed by atoms with Gasteiger partial charge in [-0.15, -0.1) is 0 Å². The van der Waals surface area contributed by atoms with E-state index < -0.39 is 23.9 Å². The predicted octanol–water partition coefficient (Wildman–Crippen LogP) is 2.01. The summed E-state index contributed by atoms with van der Waals surface area (Å²) < 4.78 is 42.2. The van der Waals surface area contributed by atoms with E-state index in [4.69, 9.17) is 4.74 Å². The summed E-state index contributed by atoms with van der Waals surface area (Å²) in [5.74, 6) is -0.408. The molecule has 0 radical (unpaired) electrons. The average Bonchev–Trinajstić information content (AvgIpc) is 2.54. The van der Waals surface area contributed by atoms with Crippen molar-refractivity contribution < 1.29 is 27.5 Å². The Morgan fingerprint density at radius 3 is 2.26 bits per heavy atom. The highest BCUT2D eigenvalue weighted by Gasteiger charge is 2.32. The van der Waals surface area contributed by atoms with Gasteiger partial charge < -0.3 is 14.5 Å². The number of piperazine rings is 1. The van der Waals surface area contributed by atoms with Gasteiger partial charge in [0.1, 0.15) is 5.69 Å². The third kappa shape index (κ3) is 4.11. The van der Waals surface area contributed by atoms with Crippen molar-refractivity contribution in [2.75, 3.05) is 32.8 Å². The van der Waals surface area contributed by atoms with E-state index in [0.717, 1.165) is 18.3 Å². The van der Waals surface area contributed by atoms with Crippen molar-refractivity contribution in [1.82, 2.24) is 14.8 Å². The van der Waals surface area contributed by atoms with Crippen LogP contribution in [0.5, 0.6) is 0 Å². The summed E-state index contributed by atoms with van der Waals surface area (Å²) in [4.78, 5) is 30.0. The van der Waals surface area contributed by atoms with Gasteiger partial charge in [0.25, 0.3) is 5.91 Å². The molecule has 2 rings (SSSR count). The van der Waals surface area contributed by atoms with Crippen LogP contribution in [0.2, 0.25) is 0 Å². The lowest BCUT2D eigenvalue weighted by molar-refractivity contribution is -0.141. The van der Waals surface area contributed by atoms with E-state index in [0.29, 0.717) is 26.2 Å². The summed E-state index contributed by atoms with van der Waals surface area (Å²) in [6, 6.07) is 1.89. The van der Waals surface area contributed by atoms with Gasteiger partial charge in [0.15, 0.2) is 0 Å². The molecule has 1 aromatic rings. The number of hydrogen-bond acceptors (Lipinski definition) is 4. The predicted molar refractivity (Wildman–Crippen MR) is 73.7 cm³/mol. The van der Waals surface area contributed by atoms with Crippen LogP contribution in [0.25, 0.3) is 0 Å². The van der Waals surface area contributed by atoms with Crippen LogP contribution in [0.15, 0.2) is 18.3 Å². The molecular weight excluding hydrogens is 315 g/mol. The Bertz CT molecular complexity index is 567. The highest BCUT2D eigenvalue weighted by atomic mass is 19.4. The Morgan fingerprint density at radius 2 is 1.78 bits per heavy atom. The van der Waals surface area contributed by atoms with Crippen molar-refractivity contribution in [3.05, 3.63) is 29.6 Å². The van der Waals surface area contributed by atoms with Gasteiger partial charge in [-0.2, -0.15) is 13.2 Å². The maximum atomic E-state index is 12.4. The maximum Gasteiger partial charge on any atom is 0.433 e. The molecule has 0 aromatic carbocycles. The molecule has 9 heteroatoms. The number of rotatable bonds is 2. The number of nitrogens with zero attached hydrogens (tertiary/aromatic N) is 3. The summed E-state index contributed by atoms with van der Waals surface area (Å²) in [6.45, 7) is 3.19. The molecule has 1 aromatic heterocycles. The number of hydrogen-bond donors (Lipinski definition) is 0. The van der Waals surface area contributed by atoms with Gasteiger partial charge in [-0.3, -0.25) is 9.78 Å². The number of aromatic nitrogens is 1. The van der Waals surface area contributed by atoms with Gasteiger partial charge in [-0.25, -0.2) is 4.79 Å². The Balaban J connectivity index is 1.96. The highest BCUT2D eigenvalue weighted by Crippen LogP contribution is 2.27. The second kappa shape index (κ2) is 6.84. The lowest BCUT2D eigenvalue weighted by Gasteiger charge is -2.34. The first-order chi connectivity index (χ1) is 10.8. The number of pyridine rings is 1. The third-order valence-corrected chi connectivity index (χ3v) is 3.39. The van der Waals surface area contributed by atoms with E-state index in [2.05, 4.69) is 4.98 Å². The first-order valence-electron chi connectivity index (χ1n) is 7.07. The van der Waals surface area contributed by atoms with Crippen LogP contribution in [-0.4, -0.2) is 59.6 Å². The fraction of sp³-hybridized carbons (Fsp3) is 0.500. The monoisotopic (exact) mass is 331 g/mol. The summed E-state index contributed by atoms with van der Waals surface area (Å²) in [5.41, 5.74) is -0.955. The Morgan fingerprint density at radius 1 is 1.17 bits per heavy atom. The molecule has 2 amide bonds. The highest BCUT2D eigenvalue weighted by molar-refractivity contribution is 5.94. The fourth-order valence-electron chi connectivity index (χ4n) is 2.18. The Hall–Kier alpha value is -2.32. The molecule has 2 heterocycles. The normalized spacial score (nSPS) is 15.5. The van der Waals surface area contributed by atoms with Gasteiger partial charge in [0.05, 0.1) is 12.2 Å². The summed E-state index contributed by atoms with van der Waals surface area (Å²) in [6.07, 6.45) is -4.05. The average molecular weight is 331 g/mol. The number of ether oxygens (including phenoxy) is 1. The van der Waals surface area contributed by atoms with Crippen LogP contribution in [0.3, 0.4) is 0 Å². The molecule has 1 aliphatic heterocycles. The number of halogens is 3. The number of alkyl halides is 3. The zero-order valence-corrected chi connectivity index (χ0v) is 12.5. The SMILES string of the molecule is CCOC(=O)N1CCN(C(=O)c2ccc(C(F)(F)F)nc2)CC1. The molecule has 1 saturated heterocycles. The largest absolute Gasteiger partial charge is 0.450 e. The summed E-state index contributed by atoms with van der Waals surface area (Å²) in [5, 5.41) is 0. The lowest BCUT2D eigenvalue weighted by atomic mass is 10.2. The molecule has 6 nitrogen and oxygen atoms in total. The molecule has 0 bridgehead atoms. The van der Waals surface area contributed by atoms with Gasteiger partial charge in [-0.1, -0.05) is 0 Å². The Kier molecular flexibility index (Phi) is 5.07. The minimum absolute atomic E-state index is 0.0857. The Labute approximate surface area is 130 Å². The molecule has 0 atom stereocenters. The van der Waals surface area contributed by atoms with Crippen LogP contribution in [-0.2, 0) is 10.9 Å². The molecular formula is C14H16F3N3O3. The minimum atomic E-state index is -4.53. The van der Waals surface area contributed by atoms with E-state index in [-0.39, 0.29) is 12.2 Å². The quantitative estimate of drug-likeness (QED) is 0.832. The van der Waals surface area contributed by atoms with Gasteiger partial charge in [0.2, 0.25) is 0 Å². The molecule has 0 unspecified atom stereocenters. The first kappa shape index (κ1) is 17.0. The fourth-order valence-corrected chi connectivity index (χ4v) is 2.18. The van der Waals surface area contributed by atoms with Crippen molar-refractivity contribution >= 4 is 12.0 Å². The van der Waals surface area contributed by atoms with E-state index in [1.807, 2.05) is 0 Å². The van der Waals surface area contributed by atoms with Crippen LogP contribution in [0.1, 0.15) is 23.0 Å². The zero-order valence-electron chi connectivity index (χ0n) is 12.5. The molecule has 1 aliphatic rings. The van der Waals surface area contributed by atoms with E-state index in [1.165, 1.54) is 9.80 Å². The van der Waals surface area contributed by atoms with Gasteiger partial charge in [0, 0.05) is 32.4 Å². The van der Waals surface area contributed by atoms with Gasteiger partial charge >= 0.3 is 12.3 Å². The van der Waals surface area contributed by atoms with Crippen molar-refractivity contribution in [3.8, 4) is 0 Å². The molecule has 0 aliphatic carbocycles. The maximum absolute atomic E-state index is 12.4. The molecule has 0 spiro atoms. The second-order valence-corrected chi connectivity index (χ2v) is 4.91. The topological polar surface area (TPSA) is 62.7 Å². The summed E-state index contributed by atoms with van der Waals surface area (Å²) in [7, 11) is 0. The van der Waals surface area contributed by atoms with Gasteiger partial charge in [-0.05, 0) is 19.1 Å². The van der Waals surface area contributed by atoms with Crippen molar-refractivity contribution in [2.45, 2.75) is 13.1 Å². The van der Waals surface area contributed by atoms with Crippen LogP contribution in [0.4, 0.5) is 18.0 Å². The molecule has 0 N–H and O–H groups in total. The summed E-state index contributed by atoms with van der Waals surface area (Å²) >= 11 is 0. The zero-order chi connectivity index (χ0) is 17.0. The van der Waals surface area contributed by atoms with Crippen molar-refractivity contribution in [3.63, 3.8) is 0 Å². The minimum Gasteiger partial charge on any atom is -0.450 e. The second-order valence-electron chi connectivity index (χ2n) is 4.91. The molecule has 126 valence electrons. The molecule has 0 saturated carbocycles. The molecule has 23 heavy (non-hydrogen) atoms. The van der Waals surface area contributed by atoms with E-state index in [1.54, 1.807) is 6.92 Å². The number of amides is 2. The standard InChI is InChI=1S/C14H16F3N3O3/c1-2-23-13(22)20-7-5-19(6-8-20)12(21)10-3-4-11(18-9-10)14(15,16)17/h3-4,9H,2,5-8H2,1H3. The van der Waals surface area contributed by atoms with Crippen molar-refractivity contribution in [1.29, 1.82) is 0 Å². The number of carbonyl (C=O) groups excluding carboxylic acids is 2. The third-order valence-electron chi connectivity index (χ3n) is 3.39. The van der Waals surface area contributed by atoms with E-state index in [9.17, 15) is 22.8 Å². The van der Waals surface area contributed by atoms with Crippen LogP contribution >= 0.6 is 0 Å².